The average Bonchev–Trinajstić information content (AvgIpc) is 3.34. The molecule has 0 radical (unpaired) electrons. The number of carbonyl (C=O) groups is 3. The number of carbonyl (C=O) groups excluding carboxylic acids is 3. The summed E-state index contributed by atoms with van der Waals surface area (Å²) < 4.78 is 19.1. The third kappa shape index (κ3) is 7.54. The summed E-state index contributed by atoms with van der Waals surface area (Å²) in [5, 5.41) is 3.45. The fourth-order valence-electron chi connectivity index (χ4n) is 4.58. The number of hydrogen-bond donors (Lipinski definition) is 1. The van der Waals surface area contributed by atoms with Crippen LogP contribution in [0.5, 0.6) is 5.75 Å². The Morgan fingerprint density at radius 1 is 1.07 bits per heavy atom. The molecule has 1 aliphatic carbocycles. The van der Waals surface area contributed by atoms with Crippen LogP contribution in [0.3, 0.4) is 0 Å². The Morgan fingerprint density at radius 3 is 2.67 bits per heavy atom. The van der Waals surface area contributed by atoms with Crippen molar-refractivity contribution < 1.29 is 28.6 Å². The Balaban J connectivity index is 1.42. The average molecular weight is 606 g/mol. The van der Waals surface area contributed by atoms with Crippen molar-refractivity contribution in [2.45, 2.75) is 52.5 Å². The minimum atomic E-state index is -0.391. The van der Waals surface area contributed by atoms with Gasteiger partial charge in [0.05, 0.1) is 47.1 Å². The van der Waals surface area contributed by atoms with Crippen LogP contribution in [0.2, 0.25) is 0 Å². The predicted octanol–water partition coefficient (Wildman–Crippen LogP) is 5.05. The lowest BCUT2D eigenvalue weighted by Crippen LogP contribution is -2.20. The molecule has 4 rings (SSSR count). The third-order valence-corrected chi connectivity index (χ3v) is 9.48. The maximum atomic E-state index is 12.8. The van der Waals surface area contributed by atoms with Crippen LogP contribution in [0.15, 0.2) is 23.2 Å². The molecule has 0 atom stereocenters. The zero-order valence-corrected chi connectivity index (χ0v) is 25.5. The summed E-state index contributed by atoms with van der Waals surface area (Å²) >= 11 is 4.08. The summed E-state index contributed by atoms with van der Waals surface area (Å²) in [6.07, 6.45) is 4.94. The van der Waals surface area contributed by atoms with Gasteiger partial charge in [-0.2, -0.15) is 4.99 Å². The molecule has 40 heavy (non-hydrogen) atoms. The number of aromatic nitrogens is 1. The van der Waals surface area contributed by atoms with E-state index >= 15 is 0 Å². The second-order valence-corrected chi connectivity index (χ2v) is 12.2. The zero-order valence-electron chi connectivity index (χ0n) is 23.1. The fourth-order valence-corrected chi connectivity index (χ4v) is 7.57. The van der Waals surface area contributed by atoms with Gasteiger partial charge in [-0.15, -0.1) is 23.1 Å². The van der Waals surface area contributed by atoms with E-state index in [1.54, 1.807) is 14.0 Å². The van der Waals surface area contributed by atoms with E-state index in [2.05, 4.69) is 10.3 Å². The maximum absolute atomic E-state index is 12.8. The number of hydrogen-bond acceptors (Lipinski definition) is 9. The van der Waals surface area contributed by atoms with E-state index in [1.165, 1.54) is 34.4 Å². The number of ether oxygens (including phenoxy) is 3. The number of esters is 1. The van der Waals surface area contributed by atoms with Crippen LogP contribution in [-0.4, -0.2) is 60.8 Å². The minimum absolute atomic E-state index is 0.0574. The van der Waals surface area contributed by atoms with Crippen LogP contribution < -0.4 is 14.9 Å². The van der Waals surface area contributed by atoms with Gasteiger partial charge in [0.2, 0.25) is 5.91 Å². The number of amides is 2. The molecular formula is C28H35N3O6S3. The van der Waals surface area contributed by atoms with E-state index in [4.69, 9.17) is 14.2 Å². The van der Waals surface area contributed by atoms with Crippen molar-refractivity contribution in [2.75, 3.05) is 43.8 Å². The second kappa shape index (κ2) is 14.8. The van der Waals surface area contributed by atoms with E-state index in [1.807, 2.05) is 29.7 Å². The SMILES string of the molecule is CCOC(=O)c1c(NC(=O)CSCC(=O)N=c2sc3cc(OCC)ccc3n2CCOC)sc2c1CCCCC2. The summed E-state index contributed by atoms with van der Waals surface area (Å²) in [6, 6.07) is 5.81. The number of nitrogens with zero attached hydrogens (tertiary/aromatic N) is 2. The molecule has 0 aliphatic heterocycles. The topological polar surface area (TPSA) is 108 Å². The number of aryl methyl sites for hydroxylation is 1. The van der Waals surface area contributed by atoms with Gasteiger partial charge in [-0.3, -0.25) is 9.59 Å². The number of rotatable bonds is 12. The van der Waals surface area contributed by atoms with Crippen LogP contribution in [0.1, 0.15) is 53.9 Å². The number of fused-ring (bicyclic) bond motifs is 2. The number of methoxy groups -OCH3 is 1. The quantitative estimate of drug-likeness (QED) is 0.227. The molecule has 216 valence electrons. The minimum Gasteiger partial charge on any atom is -0.494 e. The number of nitrogens with one attached hydrogen (secondary N) is 1. The fraction of sp³-hybridized carbons (Fsp3) is 0.500. The van der Waals surface area contributed by atoms with Gasteiger partial charge in [0.25, 0.3) is 5.91 Å². The molecule has 12 heteroatoms. The number of thiazole rings is 1. The standard InChI is InChI=1S/C28H35N3O6S3/c1-4-36-18-11-12-20-22(15-18)40-28(31(20)13-14-35-3)30-24(33)17-38-16-23(32)29-26-25(27(34)37-5-2)19-9-7-6-8-10-21(19)39-26/h11-12,15H,4-10,13-14,16-17H2,1-3H3,(H,29,32). The van der Waals surface area contributed by atoms with E-state index in [0.29, 0.717) is 35.1 Å². The summed E-state index contributed by atoms with van der Waals surface area (Å²) in [5.41, 5.74) is 2.46. The second-order valence-electron chi connectivity index (χ2n) is 9.13. The molecule has 3 aromatic rings. The third-order valence-electron chi connectivity index (χ3n) is 6.32. The smallest absolute Gasteiger partial charge is 0.341 e. The van der Waals surface area contributed by atoms with Crippen molar-refractivity contribution >= 4 is 67.4 Å². The number of thiophene rings is 1. The molecule has 9 nitrogen and oxygen atoms in total. The van der Waals surface area contributed by atoms with E-state index in [9.17, 15) is 14.4 Å². The molecule has 1 N–H and O–H groups in total. The maximum Gasteiger partial charge on any atom is 0.341 e. The highest BCUT2D eigenvalue weighted by Crippen LogP contribution is 2.38. The van der Waals surface area contributed by atoms with E-state index < -0.39 is 5.97 Å². The van der Waals surface area contributed by atoms with Crippen molar-refractivity contribution in [2.24, 2.45) is 4.99 Å². The van der Waals surface area contributed by atoms with Gasteiger partial charge < -0.3 is 24.1 Å². The Hall–Kier alpha value is -2.67. The first-order valence-electron chi connectivity index (χ1n) is 13.5. The molecule has 2 aromatic heterocycles. The monoisotopic (exact) mass is 605 g/mol. The molecule has 2 heterocycles. The van der Waals surface area contributed by atoms with Crippen molar-refractivity contribution in [1.29, 1.82) is 0 Å². The normalized spacial score (nSPS) is 13.6. The molecule has 2 amide bonds. The Labute approximate surface area is 245 Å². The van der Waals surface area contributed by atoms with Crippen molar-refractivity contribution in [1.82, 2.24) is 4.57 Å². The zero-order chi connectivity index (χ0) is 28.5. The molecular weight excluding hydrogens is 571 g/mol. The molecule has 0 fully saturated rings. The number of thioether (sulfide) groups is 1. The van der Waals surface area contributed by atoms with Crippen LogP contribution in [0, 0.1) is 0 Å². The lowest BCUT2D eigenvalue weighted by Gasteiger charge is -2.08. The Morgan fingerprint density at radius 2 is 1.90 bits per heavy atom. The molecule has 1 aliphatic rings. The van der Waals surface area contributed by atoms with Crippen LogP contribution >= 0.6 is 34.4 Å². The van der Waals surface area contributed by atoms with Gasteiger partial charge >= 0.3 is 5.97 Å². The van der Waals surface area contributed by atoms with Gasteiger partial charge in [0, 0.05) is 18.5 Å². The van der Waals surface area contributed by atoms with Gasteiger partial charge in [0.1, 0.15) is 10.8 Å². The Bertz CT molecular complexity index is 1420. The van der Waals surface area contributed by atoms with Crippen LogP contribution in [0.4, 0.5) is 5.00 Å². The molecule has 0 spiro atoms. The van der Waals surface area contributed by atoms with Crippen LogP contribution in [-0.2, 0) is 38.4 Å². The molecule has 0 bridgehead atoms. The van der Waals surface area contributed by atoms with Gasteiger partial charge in [0.15, 0.2) is 4.80 Å². The van der Waals surface area contributed by atoms with Gasteiger partial charge in [-0.1, -0.05) is 17.8 Å². The van der Waals surface area contributed by atoms with Gasteiger partial charge in [-0.25, -0.2) is 4.79 Å². The molecule has 0 saturated carbocycles. The van der Waals surface area contributed by atoms with Crippen molar-refractivity contribution in [3.8, 4) is 5.75 Å². The largest absolute Gasteiger partial charge is 0.494 e. The van der Waals surface area contributed by atoms with E-state index in [-0.39, 0.29) is 29.9 Å². The first-order chi connectivity index (χ1) is 19.4. The van der Waals surface area contributed by atoms with Gasteiger partial charge in [-0.05, 0) is 63.3 Å². The van der Waals surface area contributed by atoms with Crippen LogP contribution in [0.25, 0.3) is 10.2 Å². The summed E-state index contributed by atoms with van der Waals surface area (Å²) in [4.78, 5) is 44.4. The molecule has 1 aromatic carbocycles. The number of benzene rings is 1. The summed E-state index contributed by atoms with van der Waals surface area (Å²) in [6.45, 7) is 5.59. The highest BCUT2D eigenvalue weighted by Gasteiger charge is 2.26. The summed E-state index contributed by atoms with van der Waals surface area (Å²) in [5.74, 6) is -0.0853. The molecule has 0 unspecified atom stereocenters. The first-order valence-corrected chi connectivity index (χ1v) is 16.3. The lowest BCUT2D eigenvalue weighted by molar-refractivity contribution is -0.115. The number of anilines is 1. The highest BCUT2D eigenvalue weighted by atomic mass is 32.2. The Kier molecular flexibility index (Phi) is 11.2. The predicted molar refractivity (Wildman–Crippen MR) is 161 cm³/mol. The highest BCUT2D eigenvalue weighted by molar-refractivity contribution is 8.00. The lowest BCUT2D eigenvalue weighted by atomic mass is 10.1. The van der Waals surface area contributed by atoms with E-state index in [0.717, 1.165) is 58.5 Å². The van der Waals surface area contributed by atoms with Crippen molar-refractivity contribution in [3.05, 3.63) is 39.0 Å². The first kappa shape index (κ1) is 30.3. The van der Waals surface area contributed by atoms with Crippen molar-refractivity contribution in [3.63, 3.8) is 0 Å². The summed E-state index contributed by atoms with van der Waals surface area (Å²) in [7, 11) is 1.63. The molecule has 0 saturated heterocycles.